The Morgan fingerprint density at radius 1 is 1.19 bits per heavy atom. The molecule has 0 saturated heterocycles. The van der Waals surface area contributed by atoms with E-state index in [9.17, 15) is 8.78 Å². The lowest BCUT2D eigenvalue weighted by Gasteiger charge is -2.19. The molecule has 1 nitrogen and oxygen atoms in total. The average molecular weight is 354 g/mol. The highest BCUT2D eigenvalue weighted by molar-refractivity contribution is 5.37. The van der Waals surface area contributed by atoms with Crippen molar-refractivity contribution in [3.8, 4) is 5.75 Å². The minimum atomic E-state index is -3.37. The monoisotopic (exact) mass is 354 g/mol. The zero-order valence-corrected chi connectivity index (χ0v) is 15.2. The van der Waals surface area contributed by atoms with Gasteiger partial charge in [0.05, 0.1) is 5.57 Å². The fourth-order valence-electron chi connectivity index (χ4n) is 2.47. The first-order chi connectivity index (χ1) is 12.4. The number of ether oxygens (including phenoxy) is 1. The maximum Gasteiger partial charge on any atom is 0.426 e. The normalized spacial score (nSPS) is 15.5. The largest absolute Gasteiger partial charge is 0.429 e. The summed E-state index contributed by atoms with van der Waals surface area (Å²) >= 11 is 0. The van der Waals surface area contributed by atoms with Crippen LogP contribution in [0.4, 0.5) is 8.78 Å². The molecule has 0 spiro atoms. The van der Waals surface area contributed by atoms with Crippen LogP contribution in [0, 0.1) is 6.92 Å². The first-order valence-electron chi connectivity index (χ1n) is 8.58. The molecule has 0 radical (unpaired) electrons. The van der Waals surface area contributed by atoms with E-state index in [1.54, 1.807) is 36.4 Å². The minimum absolute atomic E-state index is 0.129. The van der Waals surface area contributed by atoms with Crippen molar-refractivity contribution in [1.29, 1.82) is 0 Å². The lowest BCUT2D eigenvalue weighted by molar-refractivity contribution is -0.139. The molecule has 3 heteroatoms. The molecule has 0 atom stereocenters. The minimum Gasteiger partial charge on any atom is -0.429 e. The van der Waals surface area contributed by atoms with E-state index in [-0.39, 0.29) is 11.3 Å². The molecule has 26 heavy (non-hydrogen) atoms. The maximum atomic E-state index is 14.5. The zero-order chi connectivity index (χ0) is 19.0. The molecule has 0 unspecified atom stereocenters. The Morgan fingerprint density at radius 3 is 2.62 bits per heavy atom. The predicted octanol–water partition coefficient (Wildman–Crippen LogP) is 6.86. The van der Waals surface area contributed by atoms with Gasteiger partial charge < -0.3 is 4.74 Å². The summed E-state index contributed by atoms with van der Waals surface area (Å²) in [5.41, 5.74) is 2.95. The maximum absolute atomic E-state index is 14.5. The van der Waals surface area contributed by atoms with Crippen molar-refractivity contribution in [3.05, 3.63) is 102 Å². The number of aryl methyl sites for hydroxylation is 1. The number of hydrogen-bond donors (Lipinski definition) is 0. The summed E-state index contributed by atoms with van der Waals surface area (Å²) in [4.78, 5) is 0. The highest BCUT2D eigenvalue weighted by atomic mass is 19.3. The number of hydrogen-bond acceptors (Lipinski definition) is 1. The van der Waals surface area contributed by atoms with Gasteiger partial charge in [-0.1, -0.05) is 72.4 Å². The van der Waals surface area contributed by atoms with Crippen LogP contribution >= 0.6 is 0 Å². The molecule has 0 amide bonds. The van der Waals surface area contributed by atoms with Gasteiger partial charge in [-0.15, -0.1) is 0 Å². The van der Waals surface area contributed by atoms with Crippen molar-refractivity contribution < 1.29 is 13.5 Å². The second-order valence-corrected chi connectivity index (χ2v) is 6.19. The molecular formula is C23H24F2O. The SMILES string of the molecule is C=C/C=C(C)\C=C/CC1=CCC=C(C(F)(F)Oc2ccc(C)cc2)C=C1. The quantitative estimate of drug-likeness (QED) is 0.486. The highest BCUT2D eigenvalue weighted by Gasteiger charge is 2.35. The third-order valence-corrected chi connectivity index (χ3v) is 3.91. The molecule has 136 valence electrons. The van der Waals surface area contributed by atoms with Crippen LogP contribution in [-0.2, 0) is 0 Å². The summed E-state index contributed by atoms with van der Waals surface area (Å²) in [6.45, 7) is 7.54. The first kappa shape index (κ1) is 19.6. The lowest BCUT2D eigenvalue weighted by Crippen LogP contribution is -2.26. The number of alkyl halides is 2. The number of rotatable bonds is 7. The average Bonchev–Trinajstić information content (AvgIpc) is 2.83. The molecule has 1 aromatic rings. The third-order valence-electron chi connectivity index (χ3n) is 3.91. The van der Waals surface area contributed by atoms with Crippen LogP contribution in [0.2, 0.25) is 0 Å². The Labute approximate surface area is 154 Å². The Kier molecular flexibility index (Phi) is 6.90. The lowest BCUT2D eigenvalue weighted by atomic mass is 10.1. The van der Waals surface area contributed by atoms with E-state index in [0.717, 1.165) is 16.7 Å². The van der Waals surface area contributed by atoms with Crippen molar-refractivity contribution in [2.45, 2.75) is 32.8 Å². The van der Waals surface area contributed by atoms with Gasteiger partial charge in [0, 0.05) is 0 Å². The van der Waals surface area contributed by atoms with Crippen molar-refractivity contribution >= 4 is 0 Å². The molecule has 1 aliphatic carbocycles. The Bertz CT molecular complexity index is 775. The molecule has 0 bridgehead atoms. The van der Waals surface area contributed by atoms with E-state index in [2.05, 4.69) is 6.58 Å². The number of benzene rings is 1. The molecule has 0 N–H and O–H groups in total. The van der Waals surface area contributed by atoms with Crippen molar-refractivity contribution in [2.24, 2.45) is 0 Å². The van der Waals surface area contributed by atoms with Gasteiger partial charge in [0.1, 0.15) is 5.75 Å². The summed E-state index contributed by atoms with van der Waals surface area (Å²) in [5, 5.41) is 0. The van der Waals surface area contributed by atoms with Gasteiger partial charge in [-0.05, 0) is 50.5 Å². The highest BCUT2D eigenvalue weighted by Crippen LogP contribution is 2.31. The van der Waals surface area contributed by atoms with Crippen LogP contribution < -0.4 is 4.74 Å². The van der Waals surface area contributed by atoms with Crippen LogP contribution in [0.25, 0.3) is 0 Å². The van der Waals surface area contributed by atoms with Gasteiger partial charge in [0.2, 0.25) is 0 Å². The zero-order valence-electron chi connectivity index (χ0n) is 15.2. The molecule has 0 fully saturated rings. The van der Waals surface area contributed by atoms with E-state index in [4.69, 9.17) is 4.74 Å². The number of halogens is 2. The molecule has 0 aromatic heterocycles. The summed E-state index contributed by atoms with van der Waals surface area (Å²) in [6.07, 6.45) is 12.0. The first-order valence-corrected chi connectivity index (χ1v) is 8.58. The van der Waals surface area contributed by atoms with Gasteiger partial charge in [-0.3, -0.25) is 0 Å². The van der Waals surface area contributed by atoms with Crippen molar-refractivity contribution in [1.82, 2.24) is 0 Å². The Morgan fingerprint density at radius 2 is 1.92 bits per heavy atom. The third kappa shape index (κ3) is 5.99. The molecule has 0 heterocycles. The van der Waals surface area contributed by atoms with E-state index < -0.39 is 6.11 Å². The van der Waals surface area contributed by atoms with Gasteiger partial charge in [0.25, 0.3) is 0 Å². The van der Waals surface area contributed by atoms with Gasteiger partial charge in [-0.2, -0.15) is 8.78 Å². The topological polar surface area (TPSA) is 9.23 Å². The van der Waals surface area contributed by atoms with E-state index in [1.165, 1.54) is 12.2 Å². The molecule has 0 saturated carbocycles. The number of allylic oxidation sites excluding steroid dienone is 9. The van der Waals surface area contributed by atoms with Crippen LogP contribution in [0.15, 0.2) is 96.2 Å². The summed E-state index contributed by atoms with van der Waals surface area (Å²) in [5.74, 6) is 0.153. The molecule has 2 rings (SSSR count). The van der Waals surface area contributed by atoms with E-state index in [0.29, 0.717) is 12.8 Å². The summed E-state index contributed by atoms with van der Waals surface area (Å²) in [7, 11) is 0. The standard InChI is InChI=1S/C23H24F2O/c1-4-7-18(2)8-5-9-20-10-6-11-21(15-14-20)23(24,25)26-22-16-12-19(3)13-17-22/h4-5,7-8,10-17H,1,6,9H2,2-3H3/b8-5-,18-7-. The Balaban J connectivity index is 2.01. The predicted molar refractivity (Wildman–Crippen MR) is 104 cm³/mol. The van der Waals surface area contributed by atoms with Crippen LogP contribution in [0.1, 0.15) is 25.3 Å². The smallest absolute Gasteiger partial charge is 0.426 e. The van der Waals surface area contributed by atoms with E-state index >= 15 is 0 Å². The Hall–Kier alpha value is -2.68. The van der Waals surface area contributed by atoms with Gasteiger partial charge >= 0.3 is 6.11 Å². The fraction of sp³-hybridized carbons (Fsp3) is 0.217. The summed E-state index contributed by atoms with van der Waals surface area (Å²) < 4.78 is 33.8. The molecule has 1 aromatic carbocycles. The van der Waals surface area contributed by atoms with E-state index in [1.807, 2.05) is 38.2 Å². The summed E-state index contributed by atoms with van der Waals surface area (Å²) in [6, 6.07) is 6.60. The molecule has 0 aliphatic heterocycles. The van der Waals surface area contributed by atoms with Crippen molar-refractivity contribution in [2.75, 3.05) is 0 Å². The molecular weight excluding hydrogens is 330 g/mol. The molecule has 1 aliphatic rings. The van der Waals surface area contributed by atoms with Crippen molar-refractivity contribution in [3.63, 3.8) is 0 Å². The van der Waals surface area contributed by atoms with Crippen LogP contribution in [0.3, 0.4) is 0 Å². The second kappa shape index (κ2) is 9.14. The van der Waals surface area contributed by atoms with Crippen LogP contribution in [0.5, 0.6) is 5.75 Å². The van der Waals surface area contributed by atoms with Gasteiger partial charge in [-0.25, -0.2) is 0 Å². The van der Waals surface area contributed by atoms with Gasteiger partial charge in [0.15, 0.2) is 0 Å². The fourth-order valence-corrected chi connectivity index (χ4v) is 2.47. The van der Waals surface area contributed by atoms with Crippen LogP contribution in [-0.4, -0.2) is 6.11 Å². The second-order valence-electron chi connectivity index (χ2n) is 6.19.